The fraction of sp³-hybridized carbons (Fsp3) is 0.483. The first kappa shape index (κ1) is 25.7. The van der Waals surface area contributed by atoms with Crippen LogP contribution in [0.1, 0.15) is 74.1 Å². The van der Waals surface area contributed by atoms with E-state index >= 15 is 0 Å². The highest BCUT2D eigenvalue weighted by molar-refractivity contribution is 5.96. The highest BCUT2D eigenvalue weighted by Crippen LogP contribution is 2.34. The molecule has 4 rings (SSSR count). The molecule has 2 aromatic rings. The van der Waals surface area contributed by atoms with E-state index in [-0.39, 0.29) is 30.0 Å². The fourth-order valence-corrected chi connectivity index (χ4v) is 4.67. The van der Waals surface area contributed by atoms with Crippen molar-refractivity contribution in [3.8, 4) is 11.1 Å². The van der Waals surface area contributed by atoms with Gasteiger partial charge in [0.2, 0.25) is 0 Å². The second-order valence-corrected chi connectivity index (χ2v) is 10.7. The van der Waals surface area contributed by atoms with Crippen molar-refractivity contribution in [1.82, 2.24) is 15.1 Å². The molecule has 192 valence electrons. The monoisotopic (exact) mass is 491 g/mol. The van der Waals surface area contributed by atoms with E-state index in [0.717, 1.165) is 36.8 Å². The van der Waals surface area contributed by atoms with Gasteiger partial charge in [-0.3, -0.25) is 9.59 Å². The van der Waals surface area contributed by atoms with Crippen LogP contribution in [0.15, 0.2) is 48.5 Å². The van der Waals surface area contributed by atoms with E-state index in [0.29, 0.717) is 30.8 Å². The SMILES string of the molecule is CCNC(=O)c1ccc(-c2ccc(C(=O)N(C3CC3)C3CCN(C(=O)OC(C)(C)C)CC3)cc2)cc1. The van der Waals surface area contributed by atoms with E-state index in [1.54, 1.807) is 4.90 Å². The third kappa shape index (κ3) is 6.25. The lowest BCUT2D eigenvalue weighted by atomic mass is 9.99. The van der Waals surface area contributed by atoms with Crippen LogP contribution in [0.5, 0.6) is 0 Å². The molecule has 0 bridgehead atoms. The van der Waals surface area contributed by atoms with Crippen molar-refractivity contribution in [3.05, 3.63) is 59.7 Å². The number of rotatable bonds is 6. The minimum absolute atomic E-state index is 0.0614. The number of hydrogen-bond acceptors (Lipinski definition) is 4. The van der Waals surface area contributed by atoms with Crippen LogP contribution < -0.4 is 5.32 Å². The summed E-state index contributed by atoms with van der Waals surface area (Å²) in [7, 11) is 0. The number of nitrogens with one attached hydrogen (secondary N) is 1. The predicted octanol–water partition coefficient (Wildman–Crippen LogP) is 5.11. The van der Waals surface area contributed by atoms with Gasteiger partial charge in [0.15, 0.2) is 0 Å². The molecule has 0 atom stereocenters. The van der Waals surface area contributed by atoms with Crippen LogP contribution in [0.2, 0.25) is 0 Å². The zero-order chi connectivity index (χ0) is 25.9. The molecule has 1 N–H and O–H groups in total. The first-order valence-electron chi connectivity index (χ1n) is 13.0. The number of likely N-dealkylation sites (tertiary alicyclic amines) is 1. The molecule has 1 aliphatic carbocycles. The molecule has 2 fully saturated rings. The number of benzene rings is 2. The van der Waals surface area contributed by atoms with Crippen LogP contribution in [0.4, 0.5) is 4.79 Å². The molecule has 2 aromatic carbocycles. The van der Waals surface area contributed by atoms with Crippen LogP contribution in [0, 0.1) is 0 Å². The number of ether oxygens (including phenoxy) is 1. The van der Waals surface area contributed by atoms with Crippen molar-refractivity contribution in [1.29, 1.82) is 0 Å². The maximum atomic E-state index is 13.5. The summed E-state index contributed by atoms with van der Waals surface area (Å²) < 4.78 is 5.51. The Hall–Kier alpha value is -3.35. The van der Waals surface area contributed by atoms with Crippen molar-refractivity contribution >= 4 is 17.9 Å². The predicted molar refractivity (Wildman–Crippen MR) is 140 cm³/mol. The van der Waals surface area contributed by atoms with Crippen molar-refractivity contribution in [3.63, 3.8) is 0 Å². The van der Waals surface area contributed by atoms with E-state index in [4.69, 9.17) is 4.74 Å². The molecule has 1 heterocycles. The molecule has 3 amide bonds. The normalized spacial score (nSPS) is 16.4. The van der Waals surface area contributed by atoms with Gasteiger partial charge in [-0.15, -0.1) is 0 Å². The molecule has 36 heavy (non-hydrogen) atoms. The van der Waals surface area contributed by atoms with Gasteiger partial charge in [0, 0.05) is 42.8 Å². The lowest BCUT2D eigenvalue weighted by molar-refractivity contribution is 0.0142. The molecule has 2 aliphatic rings. The molecule has 7 heteroatoms. The van der Waals surface area contributed by atoms with Gasteiger partial charge in [0.1, 0.15) is 5.60 Å². The molecule has 0 spiro atoms. The first-order valence-corrected chi connectivity index (χ1v) is 13.0. The Morgan fingerprint density at radius 1 is 0.861 bits per heavy atom. The lowest BCUT2D eigenvalue weighted by Gasteiger charge is -2.39. The molecule has 0 radical (unpaired) electrons. The van der Waals surface area contributed by atoms with Crippen LogP contribution in [0.25, 0.3) is 11.1 Å². The summed E-state index contributed by atoms with van der Waals surface area (Å²) >= 11 is 0. The highest BCUT2D eigenvalue weighted by Gasteiger charge is 2.39. The highest BCUT2D eigenvalue weighted by atomic mass is 16.6. The Morgan fingerprint density at radius 3 is 1.83 bits per heavy atom. The second kappa shape index (κ2) is 10.7. The van der Waals surface area contributed by atoms with E-state index < -0.39 is 5.60 Å². The maximum absolute atomic E-state index is 13.5. The summed E-state index contributed by atoms with van der Waals surface area (Å²) in [6, 6.07) is 15.6. The van der Waals surface area contributed by atoms with Crippen molar-refractivity contribution in [2.45, 2.75) is 71.1 Å². The standard InChI is InChI=1S/C29H37N3O4/c1-5-30-26(33)22-10-6-20(7-11-22)21-8-12-23(13-9-21)27(34)32(24-14-15-24)25-16-18-31(19-17-25)28(35)36-29(2,3)4/h6-13,24-25H,5,14-19H2,1-4H3,(H,30,33). The van der Waals surface area contributed by atoms with E-state index in [1.807, 2.05) is 76.2 Å². The fourth-order valence-electron chi connectivity index (χ4n) is 4.67. The summed E-state index contributed by atoms with van der Waals surface area (Å²) in [4.78, 5) is 41.8. The Balaban J connectivity index is 1.40. The number of amides is 3. The van der Waals surface area contributed by atoms with Gasteiger partial charge >= 0.3 is 6.09 Å². The average Bonchev–Trinajstić information content (AvgIpc) is 3.69. The second-order valence-electron chi connectivity index (χ2n) is 10.7. The van der Waals surface area contributed by atoms with Crippen LogP contribution in [0.3, 0.4) is 0 Å². The van der Waals surface area contributed by atoms with Crippen molar-refractivity contribution in [2.24, 2.45) is 0 Å². The largest absolute Gasteiger partial charge is 0.444 e. The number of nitrogens with zero attached hydrogens (tertiary/aromatic N) is 2. The molecule has 1 saturated heterocycles. The molecule has 7 nitrogen and oxygen atoms in total. The summed E-state index contributed by atoms with van der Waals surface area (Å²) in [5.41, 5.74) is 2.79. The van der Waals surface area contributed by atoms with Gasteiger partial charge in [-0.1, -0.05) is 24.3 Å². The third-order valence-electron chi connectivity index (χ3n) is 6.63. The van der Waals surface area contributed by atoms with Gasteiger partial charge in [-0.2, -0.15) is 0 Å². The molecule has 1 saturated carbocycles. The quantitative estimate of drug-likeness (QED) is 0.609. The van der Waals surface area contributed by atoms with Crippen LogP contribution in [-0.2, 0) is 4.74 Å². The van der Waals surface area contributed by atoms with Gasteiger partial charge in [-0.05, 0) is 88.8 Å². The number of carbonyl (C=O) groups is 3. The average molecular weight is 492 g/mol. The zero-order valence-corrected chi connectivity index (χ0v) is 21.8. The van der Waals surface area contributed by atoms with Crippen LogP contribution in [-0.4, -0.2) is 65.0 Å². The van der Waals surface area contributed by atoms with Crippen LogP contribution >= 0.6 is 0 Å². The van der Waals surface area contributed by atoms with E-state index in [1.165, 1.54) is 0 Å². The summed E-state index contributed by atoms with van der Waals surface area (Å²) in [5.74, 6) is -0.0200. The Bertz CT molecular complexity index is 1080. The number of piperidine rings is 1. The Labute approximate surface area is 213 Å². The third-order valence-corrected chi connectivity index (χ3v) is 6.63. The maximum Gasteiger partial charge on any atom is 0.410 e. The van der Waals surface area contributed by atoms with Crippen molar-refractivity contribution < 1.29 is 19.1 Å². The van der Waals surface area contributed by atoms with Gasteiger partial charge in [-0.25, -0.2) is 4.79 Å². The summed E-state index contributed by atoms with van der Waals surface area (Å²) in [5, 5.41) is 2.80. The smallest absolute Gasteiger partial charge is 0.410 e. The first-order chi connectivity index (χ1) is 17.2. The Morgan fingerprint density at radius 2 is 1.36 bits per heavy atom. The molecular weight excluding hydrogens is 454 g/mol. The molecule has 0 aromatic heterocycles. The number of hydrogen-bond donors (Lipinski definition) is 1. The number of carbonyl (C=O) groups excluding carboxylic acids is 3. The zero-order valence-electron chi connectivity index (χ0n) is 21.8. The molecule has 1 aliphatic heterocycles. The molecular formula is C29H37N3O4. The summed E-state index contributed by atoms with van der Waals surface area (Å²) in [6.07, 6.45) is 3.32. The minimum atomic E-state index is -0.512. The van der Waals surface area contributed by atoms with Gasteiger partial charge in [0.25, 0.3) is 11.8 Å². The van der Waals surface area contributed by atoms with E-state index in [2.05, 4.69) is 10.2 Å². The van der Waals surface area contributed by atoms with Crippen molar-refractivity contribution in [2.75, 3.05) is 19.6 Å². The molecule has 0 unspecified atom stereocenters. The van der Waals surface area contributed by atoms with Gasteiger partial charge in [0.05, 0.1) is 0 Å². The summed E-state index contributed by atoms with van der Waals surface area (Å²) in [6.45, 7) is 9.30. The topological polar surface area (TPSA) is 79.0 Å². The van der Waals surface area contributed by atoms with Gasteiger partial charge < -0.3 is 19.9 Å². The minimum Gasteiger partial charge on any atom is -0.444 e. The lowest BCUT2D eigenvalue weighted by Crippen LogP contribution is -2.50. The van der Waals surface area contributed by atoms with E-state index in [9.17, 15) is 14.4 Å². The Kier molecular flexibility index (Phi) is 7.67.